The van der Waals surface area contributed by atoms with E-state index in [2.05, 4.69) is 114 Å². The molecule has 41 heavy (non-hydrogen) atoms. The number of hydrogen-bond acceptors (Lipinski definition) is 0. The number of halogens is 6. The predicted molar refractivity (Wildman–Crippen MR) is 143 cm³/mol. The molecule has 9 heteroatoms. The summed E-state index contributed by atoms with van der Waals surface area (Å²) < 4.78 is 0. The second-order valence-corrected chi connectivity index (χ2v) is 7.85. The average molecular weight is 910 g/mol. The molecule has 0 saturated carbocycles. The zero-order valence-corrected chi connectivity index (χ0v) is 36.4. The summed E-state index contributed by atoms with van der Waals surface area (Å²) in [5.74, 6) is 0. The van der Waals surface area contributed by atoms with Crippen LogP contribution in [0.15, 0.2) is 115 Å². The summed E-state index contributed by atoms with van der Waals surface area (Å²) in [7, 11) is 0. The molecule has 0 radical (unpaired) electrons. The minimum Gasteiger partial charge on any atom is -1.00 e. The average Bonchev–Trinajstić information content (AvgIpc) is 3.60. The Hall–Kier alpha value is 1.14. The van der Waals surface area contributed by atoms with Crippen LogP contribution in [0, 0.1) is 34.6 Å². The second kappa shape index (κ2) is 43.3. The van der Waals surface area contributed by atoms with Crippen molar-refractivity contribution in [3.05, 3.63) is 149 Å². The Morgan fingerprint density at radius 1 is 0.512 bits per heavy atom. The topological polar surface area (TPSA) is 0 Å². The molecule has 0 fully saturated rings. The summed E-state index contributed by atoms with van der Waals surface area (Å²) >= 11 is 0. The standard InChI is InChI=1S/3C7H9.C6H7.C5H5.6ClH.3Zr/c2*1-6-4-3-5-7(6)2;1-2-7-5-3-4-6-7;1-6-4-2-3-5-6;1-2-4-5-3-1;;;;;;;;;/h2*3-5H,1-2H3;3-6H,2H2,1H3;2-5H,1H3;1-5H;6*1H;;;/q5*-1;;;;;;;3*+4/p-6. The molecule has 0 saturated heterocycles. The largest absolute Gasteiger partial charge is 4.00 e. The quantitative estimate of drug-likeness (QED) is 0.147. The van der Waals surface area contributed by atoms with Crippen molar-refractivity contribution in [2.75, 3.05) is 0 Å². The fraction of sp³-hybridized carbons (Fsp3) is 0.219. The Kier molecular flexibility index (Phi) is 68.5. The Labute approximate surface area is 345 Å². The first-order valence-electron chi connectivity index (χ1n) is 11.4. The molecule has 0 bridgehead atoms. The van der Waals surface area contributed by atoms with Crippen LogP contribution in [0.4, 0.5) is 0 Å². The number of hydrogen-bond donors (Lipinski definition) is 0. The molecule has 0 unspecified atom stereocenters. The van der Waals surface area contributed by atoms with Crippen LogP contribution in [-0.4, -0.2) is 0 Å². The van der Waals surface area contributed by atoms with Crippen LogP contribution in [0.3, 0.4) is 0 Å². The molecule has 5 aromatic carbocycles. The van der Waals surface area contributed by atoms with Gasteiger partial charge in [0.2, 0.25) is 0 Å². The minimum atomic E-state index is 0. The molecule has 0 amide bonds. The Bertz CT molecular complexity index is 931. The first-order chi connectivity index (χ1) is 15.4. The van der Waals surface area contributed by atoms with Crippen molar-refractivity contribution in [3.8, 4) is 0 Å². The maximum Gasteiger partial charge on any atom is 4.00 e. The molecule has 0 aliphatic carbocycles. The molecule has 5 aromatic rings. The SMILES string of the molecule is CC[c-]1cccc1.C[c-]1cccc1.Cc1ccc[c-]1C.Cc1ccc[c-]1C.[Cl-].[Cl-].[Cl-].[Cl-].[Cl-].[Cl-].[Zr+4].[Zr+4].[Zr+4].c1cc[cH-]c1. The Morgan fingerprint density at radius 3 is 0.976 bits per heavy atom. The van der Waals surface area contributed by atoms with Crippen molar-refractivity contribution >= 4 is 0 Å². The summed E-state index contributed by atoms with van der Waals surface area (Å²) in [6, 6.07) is 39.3. The molecule has 0 aromatic heterocycles. The molecule has 0 aliphatic heterocycles. The van der Waals surface area contributed by atoms with Gasteiger partial charge >= 0.3 is 78.6 Å². The van der Waals surface area contributed by atoms with E-state index in [0.717, 1.165) is 6.42 Å². The van der Waals surface area contributed by atoms with Crippen molar-refractivity contribution in [1.29, 1.82) is 0 Å². The molecule has 220 valence electrons. The summed E-state index contributed by atoms with van der Waals surface area (Å²) in [4.78, 5) is 0. The van der Waals surface area contributed by atoms with Crippen LogP contribution in [0.2, 0.25) is 0 Å². The molecule has 0 spiro atoms. The number of rotatable bonds is 1. The van der Waals surface area contributed by atoms with Crippen molar-refractivity contribution in [3.63, 3.8) is 0 Å². The van der Waals surface area contributed by atoms with Gasteiger partial charge in [0.1, 0.15) is 0 Å². The summed E-state index contributed by atoms with van der Waals surface area (Å²) in [5, 5.41) is 0. The van der Waals surface area contributed by atoms with Crippen LogP contribution in [0.1, 0.15) is 40.3 Å². The smallest absolute Gasteiger partial charge is 1.00 e. The zero-order valence-electron chi connectivity index (χ0n) is 24.4. The van der Waals surface area contributed by atoms with Gasteiger partial charge < -0.3 is 74.4 Å². The number of aryl methyl sites for hydroxylation is 6. The van der Waals surface area contributed by atoms with E-state index in [0.29, 0.717) is 0 Å². The monoisotopic (exact) mass is 903 g/mol. The van der Waals surface area contributed by atoms with E-state index in [4.69, 9.17) is 0 Å². The van der Waals surface area contributed by atoms with E-state index in [1.807, 2.05) is 42.5 Å². The minimum absolute atomic E-state index is 0. The Morgan fingerprint density at radius 2 is 0.854 bits per heavy atom. The van der Waals surface area contributed by atoms with Crippen LogP contribution in [0.25, 0.3) is 0 Å². The van der Waals surface area contributed by atoms with E-state index >= 15 is 0 Å². The molecule has 0 heterocycles. The van der Waals surface area contributed by atoms with E-state index in [1.54, 1.807) is 0 Å². The fourth-order valence-corrected chi connectivity index (χ4v) is 2.64. The van der Waals surface area contributed by atoms with Gasteiger partial charge in [0.25, 0.3) is 0 Å². The molecule has 0 aliphatic rings. The third-order valence-electron chi connectivity index (χ3n) is 5.15. The third-order valence-corrected chi connectivity index (χ3v) is 5.15. The zero-order chi connectivity index (χ0) is 23.6. The van der Waals surface area contributed by atoms with Crippen LogP contribution < -0.4 is 74.4 Å². The molecule has 5 rings (SSSR count). The third kappa shape index (κ3) is 35.5. The van der Waals surface area contributed by atoms with E-state index < -0.39 is 0 Å². The van der Waals surface area contributed by atoms with Gasteiger partial charge in [-0.1, -0.05) is 48.0 Å². The van der Waals surface area contributed by atoms with Gasteiger partial charge in [-0.3, -0.25) is 0 Å². The first-order valence-corrected chi connectivity index (χ1v) is 11.4. The van der Waals surface area contributed by atoms with E-state index in [9.17, 15) is 0 Å². The maximum atomic E-state index is 2.16. The summed E-state index contributed by atoms with van der Waals surface area (Å²) in [6.07, 6.45) is 1.16. The van der Waals surface area contributed by atoms with Crippen molar-refractivity contribution in [2.24, 2.45) is 0 Å². The van der Waals surface area contributed by atoms with Gasteiger partial charge in [-0.15, -0.1) is 0 Å². The second-order valence-electron chi connectivity index (χ2n) is 7.85. The molecular weight excluding hydrogens is 871 g/mol. The van der Waals surface area contributed by atoms with Gasteiger partial charge in [-0.05, 0) is 0 Å². The van der Waals surface area contributed by atoms with Gasteiger partial charge in [-0.2, -0.15) is 88.0 Å². The first kappa shape index (κ1) is 64.9. The molecule has 0 atom stereocenters. The van der Waals surface area contributed by atoms with E-state index in [-0.39, 0.29) is 153 Å². The van der Waals surface area contributed by atoms with Crippen LogP contribution >= 0.6 is 0 Å². The van der Waals surface area contributed by atoms with E-state index in [1.165, 1.54) is 33.4 Å². The molecule has 0 N–H and O–H groups in total. The van der Waals surface area contributed by atoms with Crippen LogP contribution in [-0.2, 0) is 85.0 Å². The van der Waals surface area contributed by atoms with Gasteiger partial charge in [0, 0.05) is 0 Å². The fourth-order valence-electron chi connectivity index (χ4n) is 2.64. The Balaban J connectivity index is -0.0000000424. The van der Waals surface area contributed by atoms with Gasteiger partial charge in [0.15, 0.2) is 0 Å². The van der Waals surface area contributed by atoms with Crippen LogP contribution in [0.5, 0.6) is 0 Å². The summed E-state index contributed by atoms with van der Waals surface area (Å²) in [5.41, 5.74) is 8.33. The van der Waals surface area contributed by atoms with Gasteiger partial charge in [0.05, 0.1) is 0 Å². The van der Waals surface area contributed by atoms with Gasteiger partial charge in [-0.25, -0.2) is 60.7 Å². The van der Waals surface area contributed by atoms with Crippen molar-refractivity contribution < 1.29 is 153 Å². The van der Waals surface area contributed by atoms with Crippen molar-refractivity contribution in [1.82, 2.24) is 0 Å². The summed E-state index contributed by atoms with van der Waals surface area (Å²) in [6.45, 7) is 12.7. The maximum absolute atomic E-state index is 2.16. The predicted octanol–water partition coefficient (Wildman–Crippen LogP) is -8.85. The normalized spacial score (nSPS) is 7.07. The van der Waals surface area contributed by atoms with Crippen molar-refractivity contribution in [2.45, 2.75) is 48.0 Å². The molecule has 0 nitrogen and oxygen atoms in total. The molecular formula is C32H39Cl6Zr3+.